The first kappa shape index (κ1) is 10.3. The fraction of sp³-hybridized carbons (Fsp3) is 0.727. The van der Waals surface area contributed by atoms with Crippen molar-refractivity contribution in [1.82, 2.24) is 9.78 Å². The van der Waals surface area contributed by atoms with Gasteiger partial charge in [-0.3, -0.25) is 4.68 Å². The predicted octanol–water partition coefficient (Wildman–Crippen LogP) is 3.37. The number of hydrogen-bond donors (Lipinski definition) is 0. The Morgan fingerprint density at radius 1 is 1.38 bits per heavy atom. The quantitative estimate of drug-likeness (QED) is 0.694. The van der Waals surface area contributed by atoms with Crippen molar-refractivity contribution in [3.63, 3.8) is 0 Å². The van der Waals surface area contributed by atoms with Gasteiger partial charge in [0.2, 0.25) is 0 Å². The van der Waals surface area contributed by atoms with Gasteiger partial charge in [0, 0.05) is 12.2 Å². The summed E-state index contributed by atoms with van der Waals surface area (Å²) in [6.07, 6.45) is 6.58. The maximum atomic E-state index is 4.37. The summed E-state index contributed by atoms with van der Waals surface area (Å²) in [7, 11) is 0. The summed E-state index contributed by atoms with van der Waals surface area (Å²) < 4.78 is 2.08. The lowest BCUT2D eigenvalue weighted by molar-refractivity contribution is 0.454. The SMILES string of the molecule is CCCC(C)n1cc(C(C)C)cn1. The molecule has 0 aliphatic heterocycles. The molecule has 0 N–H and O–H groups in total. The van der Waals surface area contributed by atoms with Gasteiger partial charge in [0.05, 0.1) is 6.20 Å². The maximum Gasteiger partial charge on any atom is 0.0524 e. The molecule has 74 valence electrons. The predicted molar refractivity (Wildman–Crippen MR) is 55.9 cm³/mol. The molecule has 0 fully saturated rings. The van der Waals surface area contributed by atoms with Gasteiger partial charge >= 0.3 is 0 Å². The van der Waals surface area contributed by atoms with Gasteiger partial charge in [0.1, 0.15) is 0 Å². The fourth-order valence-electron chi connectivity index (χ4n) is 1.44. The second-order valence-electron chi connectivity index (χ2n) is 4.05. The lowest BCUT2D eigenvalue weighted by Crippen LogP contribution is -2.04. The van der Waals surface area contributed by atoms with Crippen molar-refractivity contribution in [2.75, 3.05) is 0 Å². The van der Waals surface area contributed by atoms with E-state index >= 15 is 0 Å². The molecule has 1 aromatic heterocycles. The van der Waals surface area contributed by atoms with Gasteiger partial charge in [-0.1, -0.05) is 27.2 Å². The summed E-state index contributed by atoms with van der Waals surface area (Å²) in [5.41, 5.74) is 1.34. The van der Waals surface area contributed by atoms with E-state index in [9.17, 15) is 0 Å². The Balaban J connectivity index is 2.67. The van der Waals surface area contributed by atoms with Gasteiger partial charge in [0.25, 0.3) is 0 Å². The Morgan fingerprint density at radius 2 is 2.08 bits per heavy atom. The van der Waals surface area contributed by atoms with Crippen LogP contribution in [0, 0.1) is 0 Å². The minimum absolute atomic E-state index is 0.539. The molecule has 0 saturated carbocycles. The van der Waals surface area contributed by atoms with Crippen molar-refractivity contribution in [1.29, 1.82) is 0 Å². The van der Waals surface area contributed by atoms with Crippen molar-refractivity contribution >= 4 is 0 Å². The van der Waals surface area contributed by atoms with E-state index in [1.54, 1.807) is 0 Å². The van der Waals surface area contributed by atoms with E-state index in [4.69, 9.17) is 0 Å². The van der Waals surface area contributed by atoms with E-state index in [2.05, 4.69) is 43.7 Å². The molecule has 2 heteroatoms. The van der Waals surface area contributed by atoms with Crippen LogP contribution in [0.4, 0.5) is 0 Å². The van der Waals surface area contributed by atoms with Crippen LogP contribution < -0.4 is 0 Å². The third-order valence-electron chi connectivity index (χ3n) is 2.45. The zero-order valence-electron chi connectivity index (χ0n) is 9.12. The molecule has 0 bridgehead atoms. The molecule has 0 aliphatic carbocycles. The van der Waals surface area contributed by atoms with Crippen LogP contribution in [0.2, 0.25) is 0 Å². The third-order valence-corrected chi connectivity index (χ3v) is 2.45. The van der Waals surface area contributed by atoms with Gasteiger partial charge < -0.3 is 0 Å². The van der Waals surface area contributed by atoms with Crippen LogP contribution in [0.5, 0.6) is 0 Å². The standard InChI is InChI=1S/C11H20N2/c1-5-6-10(4)13-8-11(7-12-13)9(2)3/h7-10H,5-6H2,1-4H3. The minimum Gasteiger partial charge on any atom is -0.270 e. The Morgan fingerprint density at radius 3 is 2.54 bits per heavy atom. The van der Waals surface area contributed by atoms with Crippen LogP contribution in [-0.4, -0.2) is 9.78 Å². The zero-order valence-corrected chi connectivity index (χ0v) is 9.12. The number of nitrogens with zero attached hydrogens (tertiary/aromatic N) is 2. The number of hydrogen-bond acceptors (Lipinski definition) is 1. The van der Waals surface area contributed by atoms with E-state index in [-0.39, 0.29) is 0 Å². The molecule has 0 radical (unpaired) electrons. The first-order chi connectivity index (χ1) is 6.15. The molecule has 0 saturated heterocycles. The van der Waals surface area contributed by atoms with Crippen LogP contribution in [0.3, 0.4) is 0 Å². The average molecular weight is 180 g/mol. The molecule has 0 aromatic carbocycles. The zero-order chi connectivity index (χ0) is 9.84. The van der Waals surface area contributed by atoms with Gasteiger partial charge in [-0.25, -0.2) is 0 Å². The molecule has 2 nitrogen and oxygen atoms in total. The Hall–Kier alpha value is -0.790. The highest BCUT2D eigenvalue weighted by atomic mass is 15.3. The molecule has 1 atom stereocenters. The lowest BCUT2D eigenvalue weighted by atomic mass is 10.1. The van der Waals surface area contributed by atoms with E-state index in [1.165, 1.54) is 18.4 Å². The highest BCUT2D eigenvalue weighted by Gasteiger charge is 2.07. The highest BCUT2D eigenvalue weighted by Crippen LogP contribution is 2.17. The Kier molecular flexibility index (Phi) is 3.52. The summed E-state index contributed by atoms with van der Waals surface area (Å²) in [6.45, 7) is 8.83. The molecule has 0 aliphatic rings. The molecular weight excluding hydrogens is 160 g/mol. The van der Waals surface area contributed by atoms with Crippen molar-refractivity contribution < 1.29 is 0 Å². The summed E-state index contributed by atoms with van der Waals surface area (Å²) >= 11 is 0. The molecule has 0 spiro atoms. The molecule has 1 heterocycles. The summed E-state index contributed by atoms with van der Waals surface area (Å²) in [5, 5.41) is 4.37. The normalized spacial score (nSPS) is 13.6. The van der Waals surface area contributed by atoms with Gasteiger partial charge in [-0.15, -0.1) is 0 Å². The molecule has 1 aromatic rings. The molecular formula is C11H20N2. The smallest absolute Gasteiger partial charge is 0.0524 e. The van der Waals surface area contributed by atoms with Gasteiger partial charge in [-0.05, 0) is 24.8 Å². The van der Waals surface area contributed by atoms with Crippen molar-refractivity contribution in [2.24, 2.45) is 0 Å². The first-order valence-corrected chi connectivity index (χ1v) is 5.19. The topological polar surface area (TPSA) is 17.8 Å². The highest BCUT2D eigenvalue weighted by molar-refractivity contribution is 5.09. The van der Waals surface area contributed by atoms with Crippen LogP contribution >= 0.6 is 0 Å². The lowest BCUT2D eigenvalue weighted by Gasteiger charge is -2.10. The molecule has 1 rings (SSSR count). The van der Waals surface area contributed by atoms with E-state index in [0.29, 0.717) is 12.0 Å². The number of aromatic nitrogens is 2. The van der Waals surface area contributed by atoms with Crippen LogP contribution in [0.15, 0.2) is 12.4 Å². The van der Waals surface area contributed by atoms with Crippen LogP contribution in [-0.2, 0) is 0 Å². The van der Waals surface area contributed by atoms with Crippen molar-refractivity contribution in [3.8, 4) is 0 Å². The van der Waals surface area contributed by atoms with Gasteiger partial charge in [-0.2, -0.15) is 5.10 Å². The second-order valence-corrected chi connectivity index (χ2v) is 4.05. The summed E-state index contributed by atoms with van der Waals surface area (Å²) in [6, 6.07) is 0.539. The van der Waals surface area contributed by atoms with Crippen LogP contribution in [0.25, 0.3) is 0 Å². The Bertz CT molecular complexity index is 250. The van der Waals surface area contributed by atoms with E-state index in [0.717, 1.165) is 0 Å². The molecule has 1 unspecified atom stereocenters. The maximum absolute atomic E-state index is 4.37. The monoisotopic (exact) mass is 180 g/mol. The van der Waals surface area contributed by atoms with E-state index < -0.39 is 0 Å². The van der Waals surface area contributed by atoms with Crippen molar-refractivity contribution in [3.05, 3.63) is 18.0 Å². The second kappa shape index (κ2) is 4.45. The minimum atomic E-state index is 0.539. The average Bonchev–Trinajstić information content (AvgIpc) is 2.52. The number of rotatable bonds is 4. The van der Waals surface area contributed by atoms with Crippen molar-refractivity contribution in [2.45, 2.75) is 52.5 Å². The summed E-state index contributed by atoms with van der Waals surface area (Å²) in [5.74, 6) is 0.586. The Labute approximate surface area is 81.0 Å². The first-order valence-electron chi connectivity index (χ1n) is 5.19. The summed E-state index contributed by atoms with van der Waals surface area (Å²) in [4.78, 5) is 0. The third kappa shape index (κ3) is 2.58. The fourth-order valence-corrected chi connectivity index (χ4v) is 1.44. The van der Waals surface area contributed by atoms with E-state index in [1.807, 2.05) is 6.20 Å². The van der Waals surface area contributed by atoms with Crippen LogP contribution in [0.1, 0.15) is 58.1 Å². The molecule has 13 heavy (non-hydrogen) atoms. The van der Waals surface area contributed by atoms with Gasteiger partial charge in [0.15, 0.2) is 0 Å². The largest absolute Gasteiger partial charge is 0.270 e. The molecule has 0 amide bonds.